The standard InChI is InChI=1S/C14H11ClN2O4/c15-10-5-1-4-8-13(10)21-9-14(18)16-11-6-2-3-7-12(11)17(19)20/h1-8H,9H2,(H,16,18). The Hall–Kier alpha value is -2.60. The highest BCUT2D eigenvalue weighted by atomic mass is 35.5. The predicted molar refractivity (Wildman–Crippen MR) is 78.7 cm³/mol. The molecule has 0 saturated carbocycles. The van der Waals surface area contributed by atoms with Crippen molar-refractivity contribution < 1.29 is 14.5 Å². The first-order chi connectivity index (χ1) is 10.1. The van der Waals surface area contributed by atoms with E-state index in [1.807, 2.05) is 0 Å². The number of amides is 1. The zero-order valence-electron chi connectivity index (χ0n) is 10.8. The normalized spacial score (nSPS) is 9.95. The SMILES string of the molecule is O=C(COc1ccccc1Cl)Nc1ccccc1[N+](=O)[O-]. The van der Waals surface area contributed by atoms with Crippen molar-refractivity contribution in [2.45, 2.75) is 0 Å². The zero-order valence-corrected chi connectivity index (χ0v) is 11.5. The van der Waals surface area contributed by atoms with Crippen LogP contribution in [0.2, 0.25) is 5.02 Å². The molecule has 0 radical (unpaired) electrons. The number of rotatable bonds is 5. The summed E-state index contributed by atoms with van der Waals surface area (Å²) in [6.45, 7) is -0.296. The van der Waals surface area contributed by atoms with Gasteiger partial charge in [-0.15, -0.1) is 0 Å². The lowest BCUT2D eigenvalue weighted by atomic mass is 10.2. The van der Waals surface area contributed by atoms with Gasteiger partial charge >= 0.3 is 0 Å². The smallest absolute Gasteiger partial charge is 0.292 e. The van der Waals surface area contributed by atoms with Crippen LogP contribution >= 0.6 is 11.6 Å². The van der Waals surface area contributed by atoms with Crippen molar-refractivity contribution in [1.29, 1.82) is 0 Å². The lowest BCUT2D eigenvalue weighted by Gasteiger charge is -2.08. The fraction of sp³-hybridized carbons (Fsp3) is 0.0714. The van der Waals surface area contributed by atoms with E-state index in [9.17, 15) is 14.9 Å². The van der Waals surface area contributed by atoms with Crippen LogP contribution in [-0.2, 0) is 4.79 Å². The van der Waals surface area contributed by atoms with Gasteiger partial charge in [-0.1, -0.05) is 35.9 Å². The molecular formula is C14H11ClN2O4. The van der Waals surface area contributed by atoms with Gasteiger partial charge in [-0.05, 0) is 18.2 Å². The van der Waals surface area contributed by atoms with Gasteiger partial charge in [0.25, 0.3) is 11.6 Å². The predicted octanol–water partition coefficient (Wildman–Crippen LogP) is 3.27. The number of carbonyl (C=O) groups is 1. The maximum Gasteiger partial charge on any atom is 0.292 e. The van der Waals surface area contributed by atoms with Gasteiger partial charge in [0, 0.05) is 6.07 Å². The van der Waals surface area contributed by atoms with Crippen molar-refractivity contribution >= 4 is 28.9 Å². The van der Waals surface area contributed by atoms with E-state index in [0.717, 1.165) is 0 Å². The van der Waals surface area contributed by atoms with Gasteiger partial charge in [-0.25, -0.2) is 0 Å². The summed E-state index contributed by atoms with van der Waals surface area (Å²) in [5, 5.41) is 13.7. The third kappa shape index (κ3) is 3.93. The molecule has 7 heteroatoms. The second kappa shape index (κ2) is 6.71. The summed E-state index contributed by atoms with van der Waals surface area (Å²) in [4.78, 5) is 22.0. The fourth-order valence-electron chi connectivity index (χ4n) is 1.63. The molecule has 0 aromatic heterocycles. The number of ether oxygens (including phenoxy) is 1. The minimum atomic E-state index is -0.565. The number of nitro groups is 1. The molecule has 0 saturated heterocycles. The molecule has 1 amide bonds. The number of nitrogens with one attached hydrogen (secondary N) is 1. The Bertz CT molecular complexity index is 676. The Labute approximate surface area is 125 Å². The van der Waals surface area contributed by atoms with Gasteiger partial charge < -0.3 is 10.1 Å². The summed E-state index contributed by atoms with van der Waals surface area (Å²) in [6, 6.07) is 12.6. The van der Waals surface area contributed by atoms with Crippen molar-refractivity contribution in [1.82, 2.24) is 0 Å². The van der Waals surface area contributed by atoms with Gasteiger partial charge in [0.05, 0.1) is 9.95 Å². The van der Waals surface area contributed by atoms with E-state index < -0.39 is 10.8 Å². The first-order valence-electron chi connectivity index (χ1n) is 5.98. The van der Waals surface area contributed by atoms with E-state index in [0.29, 0.717) is 10.8 Å². The Kier molecular flexibility index (Phi) is 4.73. The van der Waals surface area contributed by atoms with Crippen molar-refractivity contribution in [2.24, 2.45) is 0 Å². The van der Waals surface area contributed by atoms with Crippen LogP contribution in [0.15, 0.2) is 48.5 Å². The molecule has 0 bridgehead atoms. The van der Waals surface area contributed by atoms with Crippen molar-refractivity contribution in [3.63, 3.8) is 0 Å². The number of hydrogen-bond donors (Lipinski definition) is 1. The van der Waals surface area contributed by atoms with Crippen LogP contribution in [0.1, 0.15) is 0 Å². The Morgan fingerprint density at radius 1 is 1.19 bits per heavy atom. The molecule has 0 heterocycles. The van der Waals surface area contributed by atoms with E-state index in [2.05, 4.69) is 5.32 Å². The first kappa shape index (κ1) is 14.8. The van der Waals surface area contributed by atoms with Crippen molar-refractivity contribution in [2.75, 3.05) is 11.9 Å². The molecule has 108 valence electrons. The van der Waals surface area contributed by atoms with Gasteiger partial charge in [0.15, 0.2) is 6.61 Å². The number of nitrogens with zero attached hydrogens (tertiary/aromatic N) is 1. The molecular weight excluding hydrogens is 296 g/mol. The fourth-order valence-corrected chi connectivity index (χ4v) is 1.82. The van der Waals surface area contributed by atoms with E-state index in [1.54, 1.807) is 30.3 Å². The molecule has 0 unspecified atom stereocenters. The van der Waals surface area contributed by atoms with E-state index in [1.165, 1.54) is 18.2 Å². The number of para-hydroxylation sites is 3. The molecule has 0 aliphatic heterocycles. The van der Waals surface area contributed by atoms with E-state index >= 15 is 0 Å². The van der Waals surface area contributed by atoms with E-state index in [-0.39, 0.29) is 18.0 Å². The minimum absolute atomic E-state index is 0.121. The second-order valence-electron chi connectivity index (χ2n) is 4.04. The maximum atomic E-state index is 11.8. The van der Waals surface area contributed by atoms with Gasteiger partial charge in [0.2, 0.25) is 0 Å². The number of benzene rings is 2. The van der Waals surface area contributed by atoms with Crippen LogP contribution in [0, 0.1) is 10.1 Å². The summed E-state index contributed by atoms with van der Waals surface area (Å²) in [5.74, 6) is -0.138. The van der Waals surface area contributed by atoms with Gasteiger partial charge in [-0.2, -0.15) is 0 Å². The molecule has 0 aliphatic rings. The highest BCUT2D eigenvalue weighted by Gasteiger charge is 2.15. The lowest BCUT2D eigenvalue weighted by Crippen LogP contribution is -2.20. The highest BCUT2D eigenvalue weighted by Crippen LogP contribution is 2.24. The minimum Gasteiger partial charge on any atom is -0.482 e. The summed E-state index contributed by atoms with van der Waals surface area (Å²) in [7, 11) is 0. The monoisotopic (exact) mass is 306 g/mol. The molecule has 2 aromatic rings. The Morgan fingerprint density at radius 2 is 1.86 bits per heavy atom. The molecule has 0 spiro atoms. The molecule has 1 N–H and O–H groups in total. The lowest BCUT2D eigenvalue weighted by molar-refractivity contribution is -0.383. The molecule has 0 fully saturated rings. The quantitative estimate of drug-likeness (QED) is 0.679. The van der Waals surface area contributed by atoms with Crippen LogP contribution < -0.4 is 10.1 Å². The van der Waals surface area contributed by atoms with Gasteiger partial charge in [-0.3, -0.25) is 14.9 Å². The molecule has 21 heavy (non-hydrogen) atoms. The summed E-state index contributed by atoms with van der Waals surface area (Å²) in [5.41, 5.74) is -0.0566. The van der Waals surface area contributed by atoms with Gasteiger partial charge in [0.1, 0.15) is 11.4 Å². The second-order valence-corrected chi connectivity index (χ2v) is 4.45. The largest absolute Gasteiger partial charge is 0.482 e. The van der Waals surface area contributed by atoms with E-state index in [4.69, 9.17) is 16.3 Å². The van der Waals surface area contributed by atoms with Crippen molar-refractivity contribution in [3.05, 3.63) is 63.7 Å². The Balaban J connectivity index is 2.00. The number of nitro benzene ring substituents is 1. The highest BCUT2D eigenvalue weighted by molar-refractivity contribution is 6.32. The molecule has 2 aromatic carbocycles. The average Bonchev–Trinajstić information content (AvgIpc) is 2.47. The van der Waals surface area contributed by atoms with Crippen LogP contribution in [-0.4, -0.2) is 17.4 Å². The number of halogens is 1. The number of carbonyl (C=O) groups excluding carboxylic acids is 1. The molecule has 6 nitrogen and oxygen atoms in total. The number of anilines is 1. The summed E-state index contributed by atoms with van der Waals surface area (Å²) in [6.07, 6.45) is 0. The number of hydrogen-bond acceptors (Lipinski definition) is 4. The molecule has 2 rings (SSSR count). The molecule has 0 atom stereocenters. The Morgan fingerprint density at radius 3 is 2.57 bits per heavy atom. The van der Waals surface area contributed by atoms with Crippen LogP contribution in [0.4, 0.5) is 11.4 Å². The summed E-state index contributed by atoms with van der Waals surface area (Å²) < 4.78 is 5.26. The topological polar surface area (TPSA) is 81.5 Å². The third-order valence-corrected chi connectivity index (χ3v) is 2.88. The average molecular weight is 307 g/mol. The first-order valence-corrected chi connectivity index (χ1v) is 6.36. The maximum absolute atomic E-state index is 11.8. The van der Waals surface area contributed by atoms with Crippen LogP contribution in [0.3, 0.4) is 0 Å². The van der Waals surface area contributed by atoms with Crippen LogP contribution in [0.25, 0.3) is 0 Å². The van der Waals surface area contributed by atoms with Crippen LogP contribution in [0.5, 0.6) is 5.75 Å². The molecule has 0 aliphatic carbocycles. The summed E-state index contributed by atoms with van der Waals surface area (Å²) >= 11 is 5.89. The van der Waals surface area contributed by atoms with Crippen molar-refractivity contribution in [3.8, 4) is 5.75 Å². The zero-order chi connectivity index (χ0) is 15.2. The third-order valence-electron chi connectivity index (χ3n) is 2.57.